The van der Waals surface area contributed by atoms with E-state index in [-0.39, 0.29) is 29.0 Å². The first-order chi connectivity index (χ1) is 11.3. The van der Waals surface area contributed by atoms with Crippen LogP contribution in [0.15, 0.2) is 18.2 Å². The molecule has 2 heterocycles. The third-order valence-electron chi connectivity index (χ3n) is 7.01. The van der Waals surface area contributed by atoms with Crippen LogP contribution in [-0.2, 0) is 11.8 Å². The summed E-state index contributed by atoms with van der Waals surface area (Å²) in [5, 5.41) is 19.9. The molecule has 1 aromatic rings. The van der Waals surface area contributed by atoms with Gasteiger partial charge in [0.05, 0.1) is 19.2 Å². The van der Waals surface area contributed by atoms with Crippen LogP contribution in [0.4, 0.5) is 4.79 Å². The molecule has 2 atom stereocenters. The molecule has 4 rings (SSSR count). The topological polar surface area (TPSA) is 64.0 Å². The number of carbonyl (C=O) groups is 1. The van der Waals surface area contributed by atoms with Crippen molar-refractivity contribution in [2.45, 2.75) is 51.2 Å². The summed E-state index contributed by atoms with van der Waals surface area (Å²) >= 11 is 0. The average Bonchev–Trinajstić information content (AvgIpc) is 2.48. The maximum absolute atomic E-state index is 12.9. The molecule has 0 aromatic heterocycles. The third-order valence-corrected chi connectivity index (χ3v) is 7.01. The summed E-state index contributed by atoms with van der Waals surface area (Å²) in [7, 11) is 0. The first kappa shape index (κ1) is 15.8. The molecule has 2 amide bonds. The van der Waals surface area contributed by atoms with E-state index in [1.165, 1.54) is 5.56 Å². The Kier molecular flexibility index (Phi) is 3.21. The van der Waals surface area contributed by atoms with Gasteiger partial charge in [-0.25, -0.2) is 4.79 Å². The van der Waals surface area contributed by atoms with Crippen molar-refractivity contribution >= 4 is 6.03 Å². The van der Waals surface area contributed by atoms with E-state index in [0.29, 0.717) is 25.3 Å². The summed E-state index contributed by atoms with van der Waals surface area (Å²) in [6.07, 6.45) is 1.19. The van der Waals surface area contributed by atoms with E-state index in [4.69, 9.17) is 0 Å². The molecule has 1 aromatic carbocycles. The van der Waals surface area contributed by atoms with Crippen LogP contribution in [0.2, 0.25) is 0 Å². The van der Waals surface area contributed by atoms with Crippen LogP contribution in [0, 0.1) is 5.41 Å². The summed E-state index contributed by atoms with van der Waals surface area (Å²) in [4.78, 5) is 16.6. The SMILES string of the molecule is CC12CCN(C(=O)N3CC(O)C3)[C@H](Cc3c(O)cccc31)C2(C)C. The van der Waals surface area contributed by atoms with Gasteiger partial charge >= 0.3 is 6.03 Å². The molecule has 130 valence electrons. The number of aromatic hydroxyl groups is 1. The molecule has 5 heteroatoms. The Labute approximate surface area is 142 Å². The zero-order chi connectivity index (χ0) is 17.3. The lowest BCUT2D eigenvalue weighted by molar-refractivity contribution is -0.0419. The van der Waals surface area contributed by atoms with Crippen molar-refractivity contribution in [1.29, 1.82) is 0 Å². The summed E-state index contributed by atoms with van der Waals surface area (Å²) in [6, 6.07) is 5.89. The van der Waals surface area contributed by atoms with Gasteiger partial charge in [-0.3, -0.25) is 0 Å². The molecule has 0 saturated carbocycles. The van der Waals surface area contributed by atoms with Crippen molar-refractivity contribution in [3.8, 4) is 5.75 Å². The van der Waals surface area contributed by atoms with Crippen molar-refractivity contribution in [2.75, 3.05) is 19.6 Å². The Bertz CT molecular complexity index is 696. The van der Waals surface area contributed by atoms with Gasteiger partial charge in [0.1, 0.15) is 5.75 Å². The fourth-order valence-electron chi connectivity index (χ4n) is 4.95. The van der Waals surface area contributed by atoms with E-state index in [1.54, 1.807) is 11.0 Å². The molecule has 2 fully saturated rings. The van der Waals surface area contributed by atoms with Crippen LogP contribution in [0.5, 0.6) is 5.75 Å². The van der Waals surface area contributed by atoms with Gasteiger partial charge in [0.15, 0.2) is 0 Å². The van der Waals surface area contributed by atoms with E-state index in [2.05, 4.69) is 26.8 Å². The molecule has 24 heavy (non-hydrogen) atoms. The van der Waals surface area contributed by atoms with Gasteiger partial charge < -0.3 is 20.0 Å². The highest BCUT2D eigenvalue weighted by molar-refractivity contribution is 5.76. The van der Waals surface area contributed by atoms with Crippen LogP contribution < -0.4 is 0 Å². The van der Waals surface area contributed by atoms with E-state index < -0.39 is 0 Å². The predicted molar refractivity (Wildman–Crippen MR) is 91.0 cm³/mol. The molecule has 2 saturated heterocycles. The van der Waals surface area contributed by atoms with Crippen molar-refractivity contribution in [3.05, 3.63) is 29.3 Å². The fourth-order valence-corrected chi connectivity index (χ4v) is 4.95. The average molecular weight is 330 g/mol. The van der Waals surface area contributed by atoms with Gasteiger partial charge in [-0.2, -0.15) is 0 Å². The van der Waals surface area contributed by atoms with E-state index >= 15 is 0 Å². The van der Waals surface area contributed by atoms with E-state index in [1.807, 2.05) is 11.0 Å². The number of β-amino-alcohol motifs (C(OH)–C–C–N with tert-alkyl or cyclic N) is 1. The molecule has 2 N–H and O–H groups in total. The Morgan fingerprint density at radius 2 is 1.96 bits per heavy atom. The summed E-state index contributed by atoms with van der Waals surface area (Å²) < 4.78 is 0. The third kappa shape index (κ3) is 1.88. The number of piperidine rings is 1. The number of rotatable bonds is 0. The van der Waals surface area contributed by atoms with Crippen molar-refractivity contribution < 1.29 is 15.0 Å². The predicted octanol–water partition coefficient (Wildman–Crippen LogP) is 2.10. The highest BCUT2D eigenvalue weighted by atomic mass is 16.3. The molecule has 1 unspecified atom stereocenters. The van der Waals surface area contributed by atoms with Crippen molar-refractivity contribution in [2.24, 2.45) is 5.41 Å². The Hall–Kier alpha value is -1.75. The molecule has 5 nitrogen and oxygen atoms in total. The lowest BCUT2D eigenvalue weighted by Crippen LogP contribution is -2.68. The summed E-state index contributed by atoms with van der Waals surface area (Å²) in [5.74, 6) is 0.341. The first-order valence-electron chi connectivity index (χ1n) is 8.80. The van der Waals surface area contributed by atoms with Crippen LogP contribution >= 0.6 is 0 Å². The van der Waals surface area contributed by atoms with Crippen LogP contribution in [-0.4, -0.2) is 57.8 Å². The number of urea groups is 1. The maximum Gasteiger partial charge on any atom is 0.320 e. The second-order valence-electron chi connectivity index (χ2n) is 8.36. The second-order valence-corrected chi connectivity index (χ2v) is 8.36. The number of phenolic OH excluding ortho intramolecular Hbond substituents is 1. The number of benzene rings is 1. The molecule has 2 aliphatic heterocycles. The highest BCUT2D eigenvalue weighted by Crippen LogP contribution is 2.57. The molecular formula is C19H26N2O3. The van der Waals surface area contributed by atoms with Gasteiger partial charge in [-0.05, 0) is 35.4 Å². The van der Waals surface area contributed by atoms with Crippen molar-refractivity contribution in [1.82, 2.24) is 9.80 Å². The number of carbonyl (C=O) groups excluding carboxylic acids is 1. The molecular weight excluding hydrogens is 304 g/mol. The van der Waals surface area contributed by atoms with Crippen LogP contribution in [0.25, 0.3) is 0 Å². The van der Waals surface area contributed by atoms with Gasteiger partial charge in [0.25, 0.3) is 0 Å². The molecule has 0 radical (unpaired) electrons. The number of likely N-dealkylation sites (tertiary alicyclic amines) is 2. The fraction of sp³-hybridized carbons (Fsp3) is 0.632. The lowest BCUT2D eigenvalue weighted by Gasteiger charge is -2.61. The Morgan fingerprint density at radius 3 is 2.62 bits per heavy atom. The van der Waals surface area contributed by atoms with E-state index in [0.717, 1.165) is 18.5 Å². The molecule has 1 aliphatic carbocycles. The number of hydrogen-bond donors (Lipinski definition) is 2. The number of amides is 2. The quantitative estimate of drug-likeness (QED) is 0.766. The molecule has 3 aliphatic rings. The summed E-state index contributed by atoms with van der Waals surface area (Å²) in [5.41, 5.74) is 2.08. The number of aliphatic hydroxyl groups excluding tert-OH is 1. The molecule has 2 bridgehead atoms. The molecule has 0 spiro atoms. The minimum Gasteiger partial charge on any atom is -0.508 e. The van der Waals surface area contributed by atoms with Gasteiger partial charge in [0, 0.05) is 18.0 Å². The minimum absolute atomic E-state index is 0.0271. The smallest absolute Gasteiger partial charge is 0.320 e. The monoisotopic (exact) mass is 330 g/mol. The normalized spacial score (nSPS) is 31.4. The second kappa shape index (κ2) is 4.88. The van der Waals surface area contributed by atoms with E-state index in [9.17, 15) is 15.0 Å². The van der Waals surface area contributed by atoms with Gasteiger partial charge in [-0.15, -0.1) is 0 Å². The lowest BCUT2D eigenvalue weighted by atomic mass is 9.51. The number of phenols is 1. The maximum atomic E-state index is 12.9. The number of fused-ring (bicyclic) bond motifs is 4. The Balaban J connectivity index is 1.74. The Morgan fingerprint density at radius 1 is 1.25 bits per heavy atom. The highest BCUT2D eigenvalue weighted by Gasteiger charge is 2.57. The van der Waals surface area contributed by atoms with Gasteiger partial charge in [-0.1, -0.05) is 32.9 Å². The van der Waals surface area contributed by atoms with Gasteiger partial charge in [0.2, 0.25) is 0 Å². The first-order valence-corrected chi connectivity index (χ1v) is 8.80. The minimum atomic E-state index is -0.381. The van der Waals surface area contributed by atoms with Crippen LogP contribution in [0.1, 0.15) is 38.3 Å². The largest absolute Gasteiger partial charge is 0.508 e. The number of hydrogen-bond acceptors (Lipinski definition) is 3. The van der Waals surface area contributed by atoms with Crippen molar-refractivity contribution in [3.63, 3.8) is 0 Å². The summed E-state index contributed by atoms with van der Waals surface area (Å²) in [6.45, 7) is 8.35. The standard InChI is InChI=1S/C19H26N2O3/c1-18(2)16-9-13-14(5-4-6-15(13)23)19(18,3)7-8-21(16)17(24)20-10-12(22)11-20/h4-6,12,16,22-23H,7-11H2,1-3H3/t16-,19?/m1/s1. The number of aliphatic hydroxyl groups is 1. The van der Waals surface area contributed by atoms with Crippen LogP contribution in [0.3, 0.4) is 0 Å². The zero-order valence-electron chi connectivity index (χ0n) is 14.6. The zero-order valence-corrected chi connectivity index (χ0v) is 14.6. The number of nitrogens with zero attached hydrogens (tertiary/aromatic N) is 2.